The van der Waals surface area contributed by atoms with E-state index in [-0.39, 0.29) is 0 Å². The Balaban J connectivity index is 2.05. The molecule has 2 aromatic rings. The Hall–Kier alpha value is -1.12. The molecule has 8 heteroatoms. The molecule has 0 radical (unpaired) electrons. The van der Waals surface area contributed by atoms with Crippen LogP contribution in [0.3, 0.4) is 0 Å². The molecule has 0 aromatic carbocycles. The number of hydrazine groups is 1. The van der Waals surface area contributed by atoms with Crippen LogP contribution in [-0.4, -0.2) is 19.4 Å². The number of hydrogen-bond donors (Lipinski definition) is 2. The van der Waals surface area contributed by atoms with Gasteiger partial charge in [0.1, 0.15) is 10.7 Å². The Morgan fingerprint density at radius 1 is 1.62 bits per heavy atom. The molecule has 0 amide bonds. The van der Waals surface area contributed by atoms with Crippen molar-refractivity contribution in [2.45, 2.75) is 17.7 Å². The van der Waals surface area contributed by atoms with Gasteiger partial charge in [0.25, 0.3) is 0 Å². The summed E-state index contributed by atoms with van der Waals surface area (Å²) < 4.78 is 5.70. The van der Waals surface area contributed by atoms with E-state index in [1.807, 2.05) is 24.7 Å². The number of hydrogen-bond acceptors (Lipinski definition) is 7. The van der Waals surface area contributed by atoms with Crippen LogP contribution in [-0.2, 0) is 12.8 Å². The monoisotopic (exact) mass is 256 g/mol. The number of nitrogens with zero attached hydrogens (tertiary/aromatic N) is 4. The molecule has 0 unspecified atom stereocenters. The van der Waals surface area contributed by atoms with Gasteiger partial charge in [-0.1, -0.05) is 4.49 Å². The molecule has 0 aliphatic rings. The summed E-state index contributed by atoms with van der Waals surface area (Å²) in [4.78, 5) is 0. The highest BCUT2D eigenvalue weighted by molar-refractivity contribution is 7.98. The molecule has 0 saturated carbocycles. The largest absolute Gasteiger partial charge is 0.313 e. The van der Waals surface area contributed by atoms with E-state index in [9.17, 15) is 0 Å². The molecule has 0 spiro atoms. The molecule has 86 valence electrons. The first-order chi connectivity index (χ1) is 7.70. The number of nitrogens with two attached hydrogens (primary N) is 1. The number of thioether (sulfide) groups is 1. The second kappa shape index (κ2) is 4.81. The fraction of sp³-hybridized carbons (Fsp3) is 0.375. The topological polar surface area (TPSA) is 81.6 Å². The number of nitrogen functional groups attached to an aromatic ring is 1. The zero-order valence-electron chi connectivity index (χ0n) is 8.97. The lowest BCUT2D eigenvalue weighted by Gasteiger charge is -2.00. The highest BCUT2D eigenvalue weighted by Crippen LogP contribution is 2.26. The maximum absolute atomic E-state index is 5.35. The maximum Gasteiger partial charge on any atom is 0.148 e. The van der Waals surface area contributed by atoms with E-state index in [1.54, 1.807) is 11.8 Å². The fourth-order valence-electron chi connectivity index (χ4n) is 1.28. The summed E-state index contributed by atoms with van der Waals surface area (Å²) in [6.07, 6.45) is 0. The lowest BCUT2D eigenvalue weighted by molar-refractivity contribution is 0.692. The van der Waals surface area contributed by atoms with Crippen LogP contribution >= 0.6 is 23.3 Å². The van der Waals surface area contributed by atoms with E-state index >= 15 is 0 Å². The molecule has 2 aromatic heterocycles. The Morgan fingerprint density at radius 2 is 2.44 bits per heavy atom. The van der Waals surface area contributed by atoms with Gasteiger partial charge in [-0.25, -0.2) is 5.84 Å². The average molecular weight is 256 g/mol. The second-order valence-electron chi connectivity index (χ2n) is 3.23. The lowest BCUT2D eigenvalue weighted by atomic mass is 10.5. The minimum atomic E-state index is 0.731. The predicted octanol–water partition coefficient (Wildman–Crippen LogP) is 1.16. The summed E-state index contributed by atoms with van der Waals surface area (Å²) in [7, 11) is 1.93. The van der Waals surface area contributed by atoms with E-state index < -0.39 is 0 Å². The quantitative estimate of drug-likeness (QED) is 0.485. The van der Waals surface area contributed by atoms with Crippen molar-refractivity contribution in [3.8, 4) is 0 Å². The van der Waals surface area contributed by atoms with Gasteiger partial charge in [-0.15, -0.1) is 16.9 Å². The van der Waals surface area contributed by atoms with Crippen LogP contribution in [0.4, 0.5) is 5.00 Å². The van der Waals surface area contributed by atoms with Crippen LogP contribution in [0.25, 0.3) is 0 Å². The molecule has 0 aliphatic heterocycles. The molecular weight excluding hydrogens is 244 g/mol. The molecule has 0 aliphatic carbocycles. The minimum Gasteiger partial charge on any atom is -0.313 e. The van der Waals surface area contributed by atoms with Crippen LogP contribution in [0, 0.1) is 6.92 Å². The van der Waals surface area contributed by atoms with E-state index in [2.05, 4.69) is 20.1 Å². The zero-order valence-corrected chi connectivity index (χ0v) is 10.6. The van der Waals surface area contributed by atoms with Crippen molar-refractivity contribution < 1.29 is 0 Å². The number of aryl methyl sites for hydroxylation is 2. The Morgan fingerprint density at radius 3 is 3.06 bits per heavy atom. The standard InChI is InChI=1S/C8H12N6S2/c1-5-3-7(14(2)12-5)15-4-6-8(10-9)16-13-11-6/h3,10H,4,9H2,1-2H3. The Kier molecular flexibility index (Phi) is 3.42. The van der Waals surface area contributed by atoms with Gasteiger partial charge in [0.05, 0.1) is 10.7 Å². The molecule has 0 fully saturated rings. The van der Waals surface area contributed by atoms with E-state index in [4.69, 9.17) is 5.84 Å². The van der Waals surface area contributed by atoms with Gasteiger partial charge in [-0.3, -0.25) is 4.68 Å². The number of anilines is 1. The fourth-order valence-corrected chi connectivity index (χ4v) is 2.83. The summed E-state index contributed by atoms with van der Waals surface area (Å²) in [6, 6.07) is 2.04. The van der Waals surface area contributed by atoms with Crippen molar-refractivity contribution in [1.29, 1.82) is 0 Å². The van der Waals surface area contributed by atoms with Crippen molar-refractivity contribution in [2.24, 2.45) is 12.9 Å². The van der Waals surface area contributed by atoms with Crippen molar-refractivity contribution in [1.82, 2.24) is 19.4 Å². The molecule has 16 heavy (non-hydrogen) atoms. The van der Waals surface area contributed by atoms with Crippen molar-refractivity contribution in [2.75, 3.05) is 5.43 Å². The minimum absolute atomic E-state index is 0.731. The lowest BCUT2D eigenvalue weighted by Crippen LogP contribution is -2.06. The SMILES string of the molecule is Cc1cc(SCc2nnsc2NN)n(C)n1. The van der Waals surface area contributed by atoms with E-state index in [0.717, 1.165) is 27.2 Å². The maximum atomic E-state index is 5.35. The molecule has 2 rings (SSSR count). The van der Waals surface area contributed by atoms with Crippen LogP contribution in [0.15, 0.2) is 11.1 Å². The molecule has 2 heterocycles. The number of aromatic nitrogens is 4. The summed E-state index contributed by atoms with van der Waals surface area (Å²) in [6.45, 7) is 1.97. The molecular formula is C8H12N6S2. The Labute approximate surface area is 101 Å². The van der Waals surface area contributed by atoms with E-state index in [1.165, 1.54) is 11.5 Å². The van der Waals surface area contributed by atoms with Gasteiger partial charge in [0, 0.05) is 24.3 Å². The third kappa shape index (κ3) is 2.34. The molecule has 0 atom stereocenters. The van der Waals surface area contributed by atoms with Crippen LogP contribution in [0.2, 0.25) is 0 Å². The molecule has 3 N–H and O–H groups in total. The van der Waals surface area contributed by atoms with Gasteiger partial charge in [0.2, 0.25) is 0 Å². The van der Waals surface area contributed by atoms with Crippen LogP contribution in [0.5, 0.6) is 0 Å². The first kappa shape index (κ1) is 11.4. The summed E-state index contributed by atoms with van der Waals surface area (Å²) in [5.74, 6) is 6.08. The van der Waals surface area contributed by atoms with Crippen molar-refractivity contribution >= 4 is 28.3 Å². The Bertz CT molecular complexity index is 477. The van der Waals surface area contributed by atoms with Gasteiger partial charge in [-0.05, 0) is 13.0 Å². The highest BCUT2D eigenvalue weighted by Gasteiger charge is 2.09. The van der Waals surface area contributed by atoms with Gasteiger partial charge >= 0.3 is 0 Å². The van der Waals surface area contributed by atoms with Gasteiger partial charge < -0.3 is 5.43 Å². The summed E-state index contributed by atoms with van der Waals surface area (Å²) in [5, 5.41) is 10.2. The van der Waals surface area contributed by atoms with Gasteiger partial charge in [0.15, 0.2) is 0 Å². The first-order valence-corrected chi connectivity index (χ1v) is 6.38. The third-order valence-electron chi connectivity index (χ3n) is 2.00. The van der Waals surface area contributed by atoms with Crippen molar-refractivity contribution in [3.05, 3.63) is 17.5 Å². The third-order valence-corrected chi connectivity index (χ3v) is 3.80. The molecule has 0 saturated heterocycles. The summed E-state index contributed by atoms with van der Waals surface area (Å²) >= 11 is 2.93. The van der Waals surface area contributed by atoms with Crippen molar-refractivity contribution in [3.63, 3.8) is 0 Å². The normalized spacial score (nSPS) is 10.7. The summed E-state index contributed by atoms with van der Waals surface area (Å²) in [5.41, 5.74) is 4.47. The smallest absolute Gasteiger partial charge is 0.148 e. The molecule has 0 bridgehead atoms. The molecule has 6 nitrogen and oxygen atoms in total. The second-order valence-corrected chi connectivity index (χ2v) is 4.98. The predicted molar refractivity (Wildman–Crippen MR) is 65.2 cm³/mol. The van der Waals surface area contributed by atoms with Gasteiger partial charge in [-0.2, -0.15) is 5.10 Å². The van der Waals surface area contributed by atoms with E-state index in [0.29, 0.717) is 0 Å². The zero-order chi connectivity index (χ0) is 11.5. The highest BCUT2D eigenvalue weighted by atomic mass is 32.2. The number of rotatable bonds is 4. The first-order valence-electron chi connectivity index (χ1n) is 4.62. The van der Waals surface area contributed by atoms with Crippen LogP contribution in [0.1, 0.15) is 11.4 Å². The number of nitrogens with one attached hydrogen (secondary N) is 1. The average Bonchev–Trinajstić information content (AvgIpc) is 2.81. The van der Waals surface area contributed by atoms with Crippen LogP contribution < -0.4 is 11.3 Å².